The Morgan fingerprint density at radius 1 is 0.688 bits per heavy atom. The zero-order chi connectivity index (χ0) is 23.3. The molecule has 4 amide bonds. The summed E-state index contributed by atoms with van der Waals surface area (Å²) in [5.74, 6) is -1.91. The average Bonchev–Trinajstić information content (AvgIpc) is 2.54. The van der Waals surface area contributed by atoms with Gasteiger partial charge in [0.05, 0.1) is 64.8 Å². The Morgan fingerprint density at radius 2 is 1.00 bits per heavy atom. The standard InChI is InChI=1S/C19H31N7O4.2BrH/c1-12-14(18(29)23-21-16(27)10-25(3,4)5)9-15(13(2)20-12)19(30)24-22-17(28)11-26(6,7)8;;/h9H,10-11H2,1-8H3,(H2-2,21,22,23,24,27,28,29,30);2*1H. The van der Waals surface area contributed by atoms with Crippen LogP contribution in [-0.2, 0) is 9.59 Å². The highest BCUT2D eigenvalue weighted by Gasteiger charge is 2.20. The number of carbonyl (C=O) groups excluding carboxylic acids is 4. The summed E-state index contributed by atoms with van der Waals surface area (Å²) in [7, 11) is 11.1. The molecule has 0 bridgehead atoms. The van der Waals surface area contributed by atoms with Crippen LogP contribution in [-0.4, -0.2) is 93.0 Å². The number of aromatic nitrogens is 1. The number of nitrogens with zero attached hydrogens (tertiary/aromatic N) is 3. The predicted molar refractivity (Wildman–Crippen MR) is 111 cm³/mol. The fourth-order valence-electron chi connectivity index (χ4n) is 2.51. The first-order valence-corrected chi connectivity index (χ1v) is 9.36. The van der Waals surface area contributed by atoms with Gasteiger partial charge in [-0.2, -0.15) is 0 Å². The lowest BCUT2D eigenvalue weighted by molar-refractivity contribution is -0.862. The highest BCUT2D eigenvalue weighted by atomic mass is 79.9. The lowest BCUT2D eigenvalue weighted by atomic mass is 10.1. The molecule has 182 valence electrons. The Labute approximate surface area is 210 Å². The number of nitrogens with one attached hydrogen (secondary N) is 4. The molecule has 1 rings (SSSR count). The van der Waals surface area contributed by atoms with Gasteiger partial charge in [0.2, 0.25) is 0 Å². The van der Waals surface area contributed by atoms with E-state index in [1.165, 1.54) is 6.07 Å². The van der Waals surface area contributed by atoms with Crippen LogP contribution in [0.4, 0.5) is 0 Å². The van der Waals surface area contributed by atoms with Gasteiger partial charge < -0.3 is 42.9 Å². The zero-order valence-electron chi connectivity index (χ0n) is 19.7. The first kappa shape index (κ1) is 32.1. The van der Waals surface area contributed by atoms with Crippen molar-refractivity contribution >= 4 is 23.6 Å². The van der Waals surface area contributed by atoms with Crippen LogP contribution in [0.5, 0.6) is 0 Å². The third kappa shape index (κ3) is 11.5. The minimum Gasteiger partial charge on any atom is -1.00 e. The van der Waals surface area contributed by atoms with Crippen LogP contribution in [0.2, 0.25) is 0 Å². The SMILES string of the molecule is Cc1nc(C)c(C(=O)NNC(=O)C[N+](C)(C)C)cc1C(=O)NNC(=O)C[N+](C)(C)C.[Br-].[Br-]. The summed E-state index contributed by atoms with van der Waals surface area (Å²) >= 11 is 0. The number of carbonyl (C=O) groups is 4. The molecule has 0 unspecified atom stereocenters. The second kappa shape index (κ2) is 12.8. The van der Waals surface area contributed by atoms with Crippen molar-refractivity contribution in [2.75, 3.05) is 55.4 Å². The normalized spacial score (nSPS) is 10.8. The second-order valence-electron chi connectivity index (χ2n) is 9.16. The van der Waals surface area contributed by atoms with Crippen LogP contribution < -0.4 is 55.7 Å². The predicted octanol–water partition coefficient (Wildman–Crippen LogP) is -7.36. The van der Waals surface area contributed by atoms with Crippen LogP contribution in [0.1, 0.15) is 32.1 Å². The number of quaternary nitrogens is 2. The molecule has 11 nitrogen and oxygen atoms in total. The van der Waals surface area contributed by atoms with Gasteiger partial charge in [0.1, 0.15) is 0 Å². The lowest BCUT2D eigenvalue weighted by Gasteiger charge is -2.23. The Balaban J connectivity index is 0. The van der Waals surface area contributed by atoms with Crippen molar-refractivity contribution < 1.29 is 62.1 Å². The molecule has 0 atom stereocenters. The van der Waals surface area contributed by atoms with E-state index < -0.39 is 11.8 Å². The Bertz CT molecular complexity index is 784. The zero-order valence-corrected chi connectivity index (χ0v) is 22.9. The van der Waals surface area contributed by atoms with Crippen LogP contribution >= 0.6 is 0 Å². The third-order valence-electron chi connectivity index (χ3n) is 3.76. The number of hydrogen-bond donors (Lipinski definition) is 4. The number of aryl methyl sites for hydroxylation is 2. The van der Waals surface area contributed by atoms with Gasteiger partial charge in [-0.15, -0.1) is 0 Å². The summed E-state index contributed by atoms with van der Waals surface area (Å²) in [5.41, 5.74) is 10.4. The first-order valence-electron chi connectivity index (χ1n) is 9.36. The van der Waals surface area contributed by atoms with Gasteiger partial charge in [0.25, 0.3) is 23.6 Å². The van der Waals surface area contributed by atoms with E-state index in [4.69, 9.17) is 0 Å². The number of rotatable bonds is 6. The van der Waals surface area contributed by atoms with E-state index >= 15 is 0 Å². The Hall–Kier alpha value is -2.09. The van der Waals surface area contributed by atoms with Crippen LogP contribution in [0.15, 0.2) is 6.07 Å². The molecule has 0 aliphatic heterocycles. The summed E-state index contributed by atoms with van der Waals surface area (Å²) < 4.78 is 0.800. The van der Waals surface area contributed by atoms with Gasteiger partial charge >= 0.3 is 0 Å². The maximum atomic E-state index is 12.5. The first-order chi connectivity index (χ1) is 13.6. The molecule has 1 aromatic heterocycles. The molecule has 0 aliphatic rings. The second-order valence-corrected chi connectivity index (χ2v) is 9.16. The molecule has 4 N–H and O–H groups in total. The lowest BCUT2D eigenvalue weighted by Crippen LogP contribution is -3.00. The largest absolute Gasteiger partial charge is 1.00 e. The fraction of sp³-hybridized carbons (Fsp3) is 0.526. The van der Waals surface area contributed by atoms with Gasteiger partial charge in [-0.25, -0.2) is 0 Å². The summed E-state index contributed by atoms with van der Waals surface area (Å²) in [6.45, 7) is 3.60. The van der Waals surface area contributed by atoms with Crippen molar-refractivity contribution in [1.29, 1.82) is 0 Å². The van der Waals surface area contributed by atoms with Crippen molar-refractivity contribution in [3.8, 4) is 0 Å². The number of pyridine rings is 1. The summed E-state index contributed by atoms with van der Waals surface area (Å²) in [6, 6.07) is 1.38. The smallest absolute Gasteiger partial charge is 0.293 e. The van der Waals surface area contributed by atoms with E-state index in [1.54, 1.807) is 13.8 Å². The molecule has 0 spiro atoms. The molecule has 1 heterocycles. The number of halogens is 2. The minimum absolute atomic E-state index is 0. The van der Waals surface area contributed by atoms with Gasteiger partial charge in [-0.1, -0.05) is 0 Å². The van der Waals surface area contributed by atoms with Crippen molar-refractivity contribution in [2.45, 2.75) is 13.8 Å². The van der Waals surface area contributed by atoms with Crippen molar-refractivity contribution in [2.24, 2.45) is 0 Å². The van der Waals surface area contributed by atoms with Gasteiger partial charge in [0, 0.05) is 0 Å². The molecule has 0 aromatic carbocycles. The summed E-state index contributed by atoms with van der Waals surface area (Å²) in [6.07, 6.45) is 0. The van der Waals surface area contributed by atoms with E-state index in [2.05, 4.69) is 26.7 Å². The van der Waals surface area contributed by atoms with Crippen LogP contribution in [0.25, 0.3) is 0 Å². The minimum atomic E-state index is -0.599. The molecule has 0 saturated carbocycles. The molecule has 1 aromatic rings. The molecule has 0 fully saturated rings. The summed E-state index contributed by atoms with van der Waals surface area (Å²) in [4.78, 5) is 53.0. The maximum absolute atomic E-state index is 12.5. The average molecular weight is 583 g/mol. The maximum Gasteiger partial charge on any atom is 0.293 e. The number of amides is 4. The van der Waals surface area contributed by atoms with Crippen LogP contribution in [0.3, 0.4) is 0 Å². The molecular formula is C19H33Br2N7O4. The van der Waals surface area contributed by atoms with Crippen molar-refractivity contribution in [3.05, 3.63) is 28.6 Å². The Morgan fingerprint density at radius 3 is 1.28 bits per heavy atom. The number of hydrazine groups is 2. The molecule has 0 saturated heterocycles. The molecular weight excluding hydrogens is 550 g/mol. The Kier molecular flexibility index (Phi) is 12.9. The van der Waals surface area contributed by atoms with Gasteiger partial charge in [0.15, 0.2) is 13.1 Å². The molecule has 13 heteroatoms. The molecule has 0 radical (unpaired) electrons. The molecule has 32 heavy (non-hydrogen) atoms. The topological polar surface area (TPSA) is 129 Å². The molecule has 0 aliphatic carbocycles. The number of hydrogen-bond acceptors (Lipinski definition) is 5. The van der Waals surface area contributed by atoms with Crippen molar-refractivity contribution in [1.82, 2.24) is 26.7 Å². The van der Waals surface area contributed by atoms with E-state index in [-0.39, 0.29) is 70.0 Å². The third-order valence-corrected chi connectivity index (χ3v) is 3.76. The van der Waals surface area contributed by atoms with Gasteiger partial charge in [-0.05, 0) is 19.9 Å². The van der Waals surface area contributed by atoms with Crippen molar-refractivity contribution in [3.63, 3.8) is 0 Å². The number of likely N-dealkylation sites (N-methyl/N-ethyl adjacent to an activating group) is 2. The van der Waals surface area contributed by atoms with E-state index in [1.807, 2.05) is 42.3 Å². The van der Waals surface area contributed by atoms with E-state index in [0.717, 1.165) is 0 Å². The fourth-order valence-corrected chi connectivity index (χ4v) is 2.51. The monoisotopic (exact) mass is 581 g/mol. The van der Waals surface area contributed by atoms with Gasteiger partial charge in [-0.3, -0.25) is 45.9 Å². The van der Waals surface area contributed by atoms with E-state index in [9.17, 15) is 19.2 Å². The highest BCUT2D eigenvalue weighted by Crippen LogP contribution is 2.12. The quantitative estimate of drug-likeness (QED) is 0.196. The van der Waals surface area contributed by atoms with E-state index in [0.29, 0.717) is 20.4 Å². The summed E-state index contributed by atoms with van der Waals surface area (Å²) in [5, 5.41) is 0. The highest BCUT2D eigenvalue weighted by molar-refractivity contribution is 6.01. The van der Waals surface area contributed by atoms with Crippen LogP contribution in [0, 0.1) is 13.8 Å².